The van der Waals surface area contributed by atoms with E-state index >= 15 is 0 Å². The highest BCUT2D eigenvalue weighted by molar-refractivity contribution is 9.10. The second-order valence-corrected chi connectivity index (χ2v) is 5.54. The van der Waals surface area contributed by atoms with E-state index in [1.54, 1.807) is 13.3 Å². The summed E-state index contributed by atoms with van der Waals surface area (Å²) in [7, 11) is 5.62. The molecule has 5 nitrogen and oxygen atoms in total. The highest BCUT2D eigenvalue weighted by atomic mass is 79.9. The standard InChI is InChI=1S/C12H22BrN3O2/c1-5-12(17,9-18-4)11-10(13)8-14-16(11)7-6-15(2)3/h8,17H,5-7,9H2,1-4H3. The van der Waals surface area contributed by atoms with Gasteiger partial charge in [-0.05, 0) is 36.4 Å². The summed E-state index contributed by atoms with van der Waals surface area (Å²) in [6.07, 6.45) is 2.30. The molecule has 1 unspecified atom stereocenters. The Balaban J connectivity index is 3.01. The van der Waals surface area contributed by atoms with Crippen molar-refractivity contribution in [1.29, 1.82) is 0 Å². The van der Waals surface area contributed by atoms with Gasteiger partial charge in [-0.2, -0.15) is 5.10 Å². The summed E-state index contributed by atoms with van der Waals surface area (Å²) in [6, 6.07) is 0. The van der Waals surface area contributed by atoms with Crippen LogP contribution in [0.5, 0.6) is 0 Å². The van der Waals surface area contributed by atoms with Gasteiger partial charge in [-0.15, -0.1) is 0 Å². The second-order valence-electron chi connectivity index (χ2n) is 4.69. The Morgan fingerprint density at radius 3 is 2.72 bits per heavy atom. The maximum atomic E-state index is 10.7. The minimum Gasteiger partial charge on any atom is -0.381 e. The molecule has 18 heavy (non-hydrogen) atoms. The van der Waals surface area contributed by atoms with E-state index in [9.17, 15) is 5.11 Å². The van der Waals surface area contributed by atoms with Gasteiger partial charge in [0.05, 0.1) is 29.5 Å². The van der Waals surface area contributed by atoms with Crippen LogP contribution >= 0.6 is 15.9 Å². The molecule has 0 amide bonds. The number of halogens is 1. The Kier molecular flexibility index (Phi) is 5.78. The maximum absolute atomic E-state index is 10.7. The third-order valence-corrected chi connectivity index (χ3v) is 3.54. The van der Waals surface area contributed by atoms with Crippen LogP contribution in [0.25, 0.3) is 0 Å². The molecule has 0 fully saturated rings. The van der Waals surface area contributed by atoms with Crippen LogP contribution in [0.4, 0.5) is 0 Å². The Hall–Kier alpha value is -0.430. The van der Waals surface area contributed by atoms with Crippen LogP contribution < -0.4 is 0 Å². The predicted octanol–water partition coefficient (Wildman–Crippen LogP) is 1.45. The zero-order valence-electron chi connectivity index (χ0n) is 11.5. The van der Waals surface area contributed by atoms with Gasteiger partial charge in [0.15, 0.2) is 0 Å². The minimum absolute atomic E-state index is 0.260. The lowest BCUT2D eigenvalue weighted by Gasteiger charge is -2.27. The summed E-state index contributed by atoms with van der Waals surface area (Å²) in [5.41, 5.74) is -0.218. The number of rotatable bonds is 7. The van der Waals surface area contributed by atoms with Crippen LogP contribution in [0, 0.1) is 0 Å². The van der Waals surface area contributed by atoms with E-state index in [0.717, 1.165) is 23.3 Å². The van der Waals surface area contributed by atoms with E-state index < -0.39 is 5.60 Å². The van der Waals surface area contributed by atoms with E-state index in [4.69, 9.17) is 4.74 Å². The van der Waals surface area contributed by atoms with Crippen LogP contribution in [0.3, 0.4) is 0 Å². The molecule has 1 rings (SSSR count). The highest BCUT2D eigenvalue weighted by Gasteiger charge is 2.33. The number of likely N-dealkylation sites (N-methyl/N-ethyl adjacent to an activating group) is 1. The topological polar surface area (TPSA) is 50.5 Å². The number of methoxy groups -OCH3 is 1. The summed E-state index contributed by atoms with van der Waals surface area (Å²) < 4.78 is 7.80. The first-order valence-electron chi connectivity index (χ1n) is 6.02. The highest BCUT2D eigenvalue weighted by Crippen LogP contribution is 2.31. The van der Waals surface area contributed by atoms with Gasteiger partial charge >= 0.3 is 0 Å². The average molecular weight is 320 g/mol. The molecule has 0 spiro atoms. The molecule has 0 bridgehead atoms. The first-order chi connectivity index (χ1) is 8.44. The van der Waals surface area contributed by atoms with Crippen molar-refractivity contribution in [2.45, 2.75) is 25.5 Å². The zero-order valence-corrected chi connectivity index (χ0v) is 13.1. The summed E-state index contributed by atoms with van der Waals surface area (Å²) in [6.45, 7) is 3.80. The lowest BCUT2D eigenvalue weighted by molar-refractivity contribution is -0.0455. The molecule has 0 saturated heterocycles. The molecule has 1 aromatic heterocycles. The van der Waals surface area contributed by atoms with E-state index in [-0.39, 0.29) is 6.61 Å². The molecule has 1 atom stereocenters. The molecular formula is C12H22BrN3O2. The summed E-state index contributed by atoms with van der Waals surface area (Å²) in [4.78, 5) is 2.08. The van der Waals surface area contributed by atoms with Crippen molar-refractivity contribution >= 4 is 15.9 Å². The molecule has 6 heteroatoms. The van der Waals surface area contributed by atoms with Crippen LogP contribution in [0.2, 0.25) is 0 Å². The average Bonchev–Trinajstić information content (AvgIpc) is 2.68. The Bertz CT molecular complexity index is 381. The van der Waals surface area contributed by atoms with Crippen LogP contribution in [0.15, 0.2) is 10.7 Å². The van der Waals surface area contributed by atoms with Crippen LogP contribution in [-0.4, -0.2) is 54.1 Å². The Morgan fingerprint density at radius 2 is 2.22 bits per heavy atom. The number of hydrogen-bond acceptors (Lipinski definition) is 4. The van der Waals surface area contributed by atoms with Crippen molar-refractivity contribution in [3.8, 4) is 0 Å². The minimum atomic E-state index is -1.00. The second kappa shape index (κ2) is 6.65. The quantitative estimate of drug-likeness (QED) is 0.826. The van der Waals surface area contributed by atoms with Gasteiger partial charge in [-0.3, -0.25) is 4.68 Å². The van der Waals surface area contributed by atoms with Gasteiger partial charge in [0.2, 0.25) is 0 Å². The lowest BCUT2D eigenvalue weighted by atomic mass is 9.97. The zero-order chi connectivity index (χ0) is 13.8. The van der Waals surface area contributed by atoms with Crippen LogP contribution in [0.1, 0.15) is 19.0 Å². The van der Waals surface area contributed by atoms with Gasteiger partial charge in [0, 0.05) is 13.7 Å². The fourth-order valence-corrected chi connectivity index (χ4v) is 2.53. The number of nitrogens with zero attached hydrogens (tertiary/aromatic N) is 3. The van der Waals surface area contributed by atoms with Crippen LogP contribution in [-0.2, 0) is 16.9 Å². The van der Waals surface area contributed by atoms with Crippen molar-refractivity contribution in [2.24, 2.45) is 0 Å². The van der Waals surface area contributed by atoms with Gasteiger partial charge in [-0.25, -0.2) is 0 Å². The monoisotopic (exact) mass is 319 g/mol. The van der Waals surface area contributed by atoms with E-state index in [1.165, 1.54) is 0 Å². The van der Waals surface area contributed by atoms with Crippen molar-refractivity contribution in [1.82, 2.24) is 14.7 Å². The Morgan fingerprint density at radius 1 is 1.56 bits per heavy atom. The summed E-state index contributed by atoms with van der Waals surface area (Å²) >= 11 is 3.46. The number of aromatic nitrogens is 2. The first-order valence-corrected chi connectivity index (χ1v) is 6.81. The van der Waals surface area contributed by atoms with Crippen molar-refractivity contribution < 1.29 is 9.84 Å². The molecule has 1 N–H and O–H groups in total. The summed E-state index contributed by atoms with van der Waals surface area (Å²) in [5.74, 6) is 0. The molecule has 1 aromatic rings. The smallest absolute Gasteiger partial charge is 0.130 e. The molecule has 0 saturated carbocycles. The molecule has 0 aliphatic carbocycles. The third kappa shape index (κ3) is 3.54. The Labute approximate surface area is 117 Å². The van der Waals surface area contributed by atoms with Gasteiger partial charge < -0.3 is 14.7 Å². The number of ether oxygens (including phenoxy) is 1. The lowest BCUT2D eigenvalue weighted by Crippen LogP contribution is -2.34. The normalized spacial score (nSPS) is 15.1. The van der Waals surface area contributed by atoms with Gasteiger partial charge in [0.25, 0.3) is 0 Å². The van der Waals surface area contributed by atoms with E-state index in [1.807, 2.05) is 25.7 Å². The maximum Gasteiger partial charge on any atom is 0.130 e. The van der Waals surface area contributed by atoms with E-state index in [2.05, 4.69) is 25.9 Å². The third-order valence-electron chi connectivity index (χ3n) is 2.96. The molecule has 0 aliphatic heterocycles. The first kappa shape index (κ1) is 15.6. The molecular weight excluding hydrogens is 298 g/mol. The van der Waals surface area contributed by atoms with Gasteiger partial charge in [0.1, 0.15) is 5.60 Å². The molecule has 1 heterocycles. The van der Waals surface area contributed by atoms with Crippen molar-refractivity contribution in [3.63, 3.8) is 0 Å². The largest absolute Gasteiger partial charge is 0.381 e. The fourth-order valence-electron chi connectivity index (χ4n) is 1.87. The molecule has 0 aliphatic rings. The molecule has 104 valence electrons. The number of hydrogen-bond donors (Lipinski definition) is 1. The van der Waals surface area contributed by atoms with Crippen molar-refractivity contribution in [2.75, 3.05) is 34.4 Å². The number of aliphatic hydroxyl groups is 1. The summed E-state index contributed by atoms with van der Waals surface area (Å²) in [5, 5.41) is 15.0. The van der Waals surface area contributed by atoms with Gasteiger partial charge in [-0.1, -0.05) is 6.92 Å². The SMILES string of the molecule is CCC(O)(COC)c1c(Br)cnn1CCN(C)C. The molecule has 0 radical (unpaired) electrons. The molecule has 0 aromatic carbocycles. The van der Waals surface area contributed by atoms with E-state index in [0.29, 0.717) is 6.42 Å². The fraction of sp³-hybridized carbons (Fsp3) is 0.750. The predicted molar refractivity (Wildman–Crippen MR) is 74.5 cm³/mol. The van der Waals surface area contributed by atoms with Crippen molar-refractivity contribution in [3.05, 3.63) is 16.4 Å².